The molecule has 0 radical (unpaired) electrons. The van der Waals surface area contributed by atoms with Gasteiger partial charge in [0, 0.05) is 16.7 Å². The zero-order chi connectivity index (χ0) is 33.4. The summed E-state index contributed by atoms with van der Waals surface area (Å²) in [4.78, 5) is 5.21. The topological polar surface area (TPSA) is 17.8 Å². The molecule has 238 valence electrons. The molecule has 0 spiro atoms. The van der Waals surface area contributed by atoms with E-state index in [1.807, 2.05) is 0 Å². The molecule has 0 atom stereocenters. The van der Waals surface area contributed by atoms with Crippen LogP contribution in [0, 0.1) is 0 Å². The Morgan fingerprint density at radius 3 is 1.88 bits per heavy atom. The monoisotopic (exact) mass is 640 g/mol. The third-order valence-corrected chi connectivity index (χ3v) is 11.0. The van der Waals surface area contributed by atoms with Crippen LogP contribution in [0.2, 0.25) is 0 Å². The van der Waals surface area contributed by atoms with Gasteiger partial charge in [-0.15, -0.1) is 0 Å². The first-order valence-electron chi connectivity index (χ1n) is 17.7. The third-order valence-electron chi connectivity index (χ3n) is 11.0. The summed E-state index contributed by atoms with van der Waals surface area (Å²) in [5.41, 5.74) is 14.9. The number of hydrogen-bond acceptors (Lipinski definition) is 1. The Hall–Kier alpha value is -5.99. The van der Waals surface area contributed by atoms with Crippen LogP contribution in [-0.4, -0.2) is 9.55 Å². The number of fused-ring (bicyclic) bond motifs is 6. The lowest BCUT2D eigenvalue weighted by atomic mass is 9.81. The van der Waals surface area contributed by atoms with Crippen molar-refractivity contribution in [3.05, 3.63) is 169 Å². The lowest BCUT2D eigenvalue weighted by Gasteiger charge is -2.22. The Labute approximate surface area is 292 Å². The van der Waals surface area contributed by atoms with E-state index in [-0.39, 0.29) is 5.41 Å². The molecule has 0 amide bonds. The number of imidazole rings is 1. The van der Waals surface area contributed by atoms with Crippen molar-refractivity contribution in [2.45, 2.75) is 32.1 Å². The molecule has 0 unspecified atom stereocenters. The second-order valence-electron chi connectivity index (χ2n) is 14.2. The van der Waals surface area contributed by atoms with Gasteiger partial charge in [-0.25, -0.2) is 4.98 Å². The van der Waals surface area contributed by atoms with E-state index < -0.39 is 0 Å². The molecule has 1 heterocycles. The normalized spacial score (nSPS) is 14.6. The summed E-state index contributed by atoms with van der Waals surface area (Å²) in [6.45, 7) is 4.70. The van der Waals surface area contributed by atoms with Crippen molar-refractivity contribution in [3.63, 3.8) is 0 Å². The highest BCUT2D eigenvalue weighted by Gasteiger charge is 2.35. The molecule has 2 nitrogen and oxygen atoms in total. The average molecular weight is 641 g/mol. The van der Waals surface area contributed by atoms with Crippen molar-refractivity contribution in [1.29, 1.82) is 0 Å². The van der Waals surface area contributed by atoms with Gasteiger partial charge in [-0.05, 0) is 109 Å². The van der Waals surface area contributed by atoms with E-state index in [9.17, 15) is 0 Å². The molecular weight excluding hydrogens is 605 g/mol. The zero-order valence-electron chi connectivity index (χ0n) is 28.3. The number of allylic oxidation sites excluding steroid dienone is 4. The van der Waals surface area contributed by atoms with E-state index in [0.717, 1.165) is 35.3 Å². The molecule has 2 aliphatic rings. The molecule has 0 aliphatic heterocycles. The second-order valence-corrected chi connectivity index (χ2v) is 14.2. The summed E-state index contributed by atoms with van der Waals surface area (Å²) < 4.78 is 2.33. The fourth-order valence-electron chi connectivity index (χ4n) is 8.69. The molecule has 1 aromatic heterocycles. The predicted octanol–water partition coefficient (Wildman–Crippen LogP) is 12.8. The van der Waals surface area contributed by atoms with Crippen LogP contribution in [0.5, 0.6) is 0 Å². The van der Waals surface area contributed by atoms with Crippen LogP contribution in [0.25, 0.3) is 83.0 Å². The average Bonchev–Trinajstić information content (AvgIpc) is 3.67. The standard InChI is InChI=1S/C48H36N2/c1-48(2)41-24-11-10-19-35(41)40-30-32(27-28-42(40)48)46-38-22-8-6-20-36(38)45(37-21-7-9-23-39(37)46)31-15-14-16-33(29-31)47-49-43-25-12-13-26-44(43)50(47)34-17-4-3-5-18-34/h4,6-30H,3,5H2,1-2H3. The summed E-state index contributed by atoms with van der Waals surface area (Å²) in [6, 6.07) is 51.5. The fraction of sp³-hybridized carbons (Fsp3) is 0.104. The van der Waals surface area contributed by atoms with Crippen LogP contribution >= 0.6 is 0 Å². The summed E-state index contributed by atoms with van der Waals surface area (Å²) in [7, 11) is 0. The SMILES string of the molecule is CC1(C)c2ccccc2-c2cc(-c3c4ccccc4c(-c4cccc(-c5nc6ccccc6n5C5=CCCC=C5)c4)c4ccccc34)ccc21. The largest absolute Gasteiger partial charge is 0.293 e. The number of nitrogens with zero attached hydrogens (tertiary/aromatic N) is 2. The molecule has 8 aromatic rings. The van der Waals surface area contributed by atoms with Crippen LogP contribution in [0.1, 0.15) is 37.8 Å². The summed E-state index contributed by atoms with van der Waals surface area (Å²) >= 11 is 0. The van der Waals surface area contributed by atoms with Gasteiger partial charge in [0.15, 0.2) is 0 Å². The highest BCUT2D eigenvalue weighted by Crippen LogP contribution is 2.51. The van der Waals surface area contributed by atoms with Gasteiger partial charge in [0.05, 0.1) is 11.0 Å². The summed E-state index contributed by atoms with van der Waals surface area (Å²) in [5, 5.41) is 5.04. The molecule has 0 fully saturated rings. The van der Waals surface area contributed by atoms with Gasteiger partial charge in [0.1, 0.15) is 5.82 Å². The van der Waals surface area contributed by atoms with Gasteiger partial charge in [0.2, 0.25) is 0 Å². The van der Waals surface area contributed by atoms with Crippen molar-refractivity contribution in [2.24, 2.45) is 0 Å². The quantitative estimate of drug-likeness (QED) is 0.175. The Morgan fingerprint density at radius 2 is 1.16 bits per heavy atom. The lowest BCUT2D eigenvalue weighted by molar-refractivity contribution is 0.660. The molecule has 2 aliphatic carbocycles. The Balaban J connectivity index is 1.20. The first-order valence-corrected chi connectivity index (χ1v) is 17.7. The van der Waals surface area contributed by atoms with Crippen molar-refractivity contribution >= 4 is 38.3 Å². The van der Waals surface area contributed by atoms with Crippen LogP contribution < -0.4 is 0 Å². The minimum Gasteiger partial charge on any atom is -0.293 e. The molecule has 7 aromatic carbocycles. The first kappa shape index (κ1) is 29.0. The van der Waals surface area contributed by atoms with Crippen molar-refractivity contribution in [2.75, 3.05) is 0 Å². The number of aromatic nitrogens is 2. The highest BCUT2D eigenvalue weighted by molar-refractivity contribution is 6.21. The minimum absolute atomic E-state index is 0.0200. The molecule has 2 heteroatoms. The zero-order valence-corrected chi connectivity index (χ0v) is 28.3. The van der Waals surface area contributed by atoms with Gasteiger partial charge in [-0.1, -0.05) is 141 Å². The van der Waals surface area contributed by atoms with Crippen LogP contribution in [0.4, 0.5) is 0 Å². The van der Waals surface area contributed by atoms with Gasteiger partial charge in [-0.2, -0.15) is 0 Å². The van der Waals surface area contributed by atoms with Gasteiger partial charge < -0.3 is 0 Å². The van der Waals surface area contributed by atoms with E-state index in [0.29, 0.717) is 0 Å². The predicted molar refractivity (Wildman–Crippen MR) is 211 cm³/mol. The van der Waals surface area contributed by atoms with Gasteiger partial charge in [0.25, 0.3) is 0 Å². The molecule has 0 bridgehead atoms. The number of hydrogen-bond donors (Lipinski definition) is 0. The number of benzene rings is 7. The molecule has 0 N–H and O–H groups in total. The number of para-hydroxylation sites is 2. The summed E-state index contributed by atoms with van der Waals surface area (Å²) in [6.07, 6.45) is 8.96. The maximum absolute atomic E-state index is 5.21. The van der Waals surface area contributed by atoms with Crippen LogP contribution in [0.15, 0.2) is 158 Å². The Morgan fingerprint density at radius 1 is 0.540 bits per heavy atom. The fourth-order valence-corrected chi connectivity index (χ4v) is 8.69. The van der Waals surface area contributed by atoms with E-state index in [1.165, 1.54) is 71.7 Å². The van der Waals surface area contributed by atoms with E-state index in [2.05, 4.69) is 176 Å². The number of rotatable bonds is 4. The summed E-state index contributed by atoms with van der Waals surface area (Å²) in [5.74, 6) is 0.970. The van der Waals surface area contributed by atoms with Crippen molar-refractivity contribution in [3.8, 4) is 44.8 Å². The minimum atomic E-state index is -0.0200. The molecule has 10 rings (SSSR count). The van der Waals surface area contributed by atoms with E-state index in [4.69, 9.17) is 4.98 Å². The Kier molecular flexibility index (Phi) is 6.38. The van der Waals surface area contributed by atoms with Crippen LogP contribution in [-0.2, 0) is 5.41 Å². The smallest absolute Gasteiger partial charge is 0.145 e. The van der Waals surface area contributed by atoms with Crippen molar-refractivity contribution in [1.82, 2.24) is 9.55 Å². The van der Waals surface area contributed by atoms with Gasteiger partial charge in [-0.3, -0.25) is 4.57 Å². The Bertz CT molecular complexity index is 2680. The van der Waals surface area contributed by atoms with Gasteiger partial charge >= 0.3 is 0 Å². The second kappa shape index (κ2) is 11.0. The first-order chi connectivity index (χ1) is 24.6. The highest BCUT2D eigenvalue weighted by atomic mass is 15.1. The molecule has 0 saturated carbocycles. The molecular formula is C48H36N2. The lowest BCUT2D eigenvalue weighted by Crippen LogP contribution is -2.14. The van der Waals surface area contributed by atoms with E-state index in [1.54, 1.807) is 0 Å². The molecule has 50 heavy (non-hydrogen) atoms. The van der Waals surface area contributed by atoms with Crippen LogP contribution in [0.3, 0.4) is 0 Å². The third kappa shape index (κ3) is 4.25. The maximum atomic E-state index is 5.21. The van der Waals surface area contributed by atoms with E-state index >= 15 is 0 Å². The maximum Gasteiger partial charge on any atom is 0.145 e. The van der Waals surface area contributed by atoms with Crippen molar-refractivity contribution < 1.29 is 0 Å². The molecule has 0 saturated heterocycles.